The fourth-order valence-corrected chi connectivity index (χ4v) is 2.51. The quantitative estimate of drug-likeness (QED) is 0.828. The summed E-state index contributed by atoms with van der Waals surface area (Å²) in [4.78, 5) is 14.1. The van der Waals surface area contributed by atoms with Crippen molar-refractivity contribution in [3.8, 4) is 0 Å². The molecule has 2 unspecified atom stereocenters. The predicted octanol–water partition coefficient (Wildman–Crippen LogP) is 0.629. The van der Waals surface area contributed by atoms with Gasteiger partial charge in [-0.3, -0.25) is 4.79 Å². The van der Waals surface area contributed by atoms with Crippen LogP contribution in [0.15, 0.2) is 17.1 Å². The van der Waals surface area contributed by atoms with Crippen molar-refractivity contribution in [3.63, 3.8) is 0 Å². The Morgan fingerprint density at radius 3 is 3.00 bits per heavy atom. The fourth-order valence-electron chi connectivity index (χ4n) is 2.51. The van der Waals surface area contributed by atoms with Crippen LogP contribution in [0.3, 0.4) is 0 Å². The Morgan fingerprint density at radius 2 is 2.40 bits per heavy atom. The van der Waals surface area contributed by atoms with E-state index in [1.54, 1.807) is 19.4 Å². The summed E-state index contributed by atoms with van der Waals surface area (Å²) in [6.45, 7) is 3.93. The molecule has 0 aromatic carbocycles. The van der Waals surface area contributed by atoms with Crippen molar-refractivity contribution in [2.24, 2.45) is 0 Å². The van der Waals surface area contributed by atoms with Crippen LogP contribution in [0.2, 0.25) is 0 Å². The lowest BCUT2D eigenvalue weighted by Crippen LogP contribution is -2.30. The molecule has 0 saturated carbocycles. The number of aliphatic hydroxyl groups is 1. The van der Waals surface area contributed by atoms with Gasteiger partial charge in [-0.05, 0) is 12.8 Å². The molecular formula is C14H23N3O3. The number of aliphatic hydroxyl groups excluding tert-OH is 1. The average molecular weight is 281 g/mol. The first-order valence-electron chi connectivity index (χ1n) is 7.17. The number of hydrogen-bond donors (Lipinski definition) is 1. The highest BCUT2D eigenvalue weighted by atomic mass is 16.5. The van der Waals surface area contributed by atoms with Crippen molar-refractivity contribution in [1.29, 1.82) is 0 Å². The van der Waals surface area contributed by atoms with E-state index >= 15 is 0 Å². The van der Waals surface area contributed by atoms with Gasteiger partial charge in [-0.1, -0.05) is 13.3 Å². The summed E-state index contributed by atoms with van der Waals surface area (Å²) in [6.07, 6.45) is 3.94. The molecule has 6 nitrogen and oxygen atoms in total. The van der Waals surface area contributed by atoms with E-state index in [-0.39, 0.29) is 18.2 Å². The topological polar surface area (TPSA) is 67.6 Å². The largest absolute Gasteiger partial charge is 0.391 e. The Kier molecular flexibility index (Phi) is 5.14. The highest BCUT2D eigenvalue weighted by Gasteiger charge is 2.23. The van der Waals surface area contributed by atoms with Gasteiger partial charge in [0, 0.05) is 26.3 Å². The summed E-state index contributed by atoms with van der Waals surface area (Å²) in [5.41, 5.74) is 0.661. The third kappa shape index (κ3) is 3.58. The monoisotopic (exact) mass is 281 g/mol. The van der Waals surface area contributed by atoms with Crippen LogP contribution in [-0.2, 0) is 11.3 Å². The lowest BCUT2D eigenvalue weighted by Gasteiger charge is -2.18. The van der Waals surface area contributed by atoms with Gasteiger partial charge in [-0.2, -0.15) is 5.10 Å². The second-order valence-electron chi connectivity index (χ2n) is 5.27. The molecule has 20 heavy (non-hydrogen) atoms. The SMILES string of the molecule is CCCC(O)Cn1ncc(N2CCC(OC)C2)cc1=O. The van der Waals surface area contributed by atoms with Crippen LogP contribution in [0, 0.1) is 0 Å². The van der Waals surface area contributed by atoms with Crippen LogP contribution >= 0.6 is 0 Å². The third-order valence-corrected chi connectivity index (χ3v) is 3.70. The smallest absolute Gasteiger partial charge is 0.268 e. The Morgan fingerprint density at radius 1 is 1.60 bits per heavy atom. The van der Waals surface area contributed by atoms with Crippen molar-refractivity contribution in [3.05, 3.63) is 22.6 Å². The molecule has 1 aliphatic rings. The lowest BCUT2D eigenvalue weighted by molar-refractivity contribution is 0.121. The van der Waals surface area contributed by atoms with Crippen LogP contribution in [0.1, 0.15) is 26.2 Å². The van der Waals surface area contributed by atoms with Crippen LogP contribution in [0.5, 0.6) is 0 Å². The van der Waals surface area contributed by atoms with Gasteiger partial charge in [0.1, 0.15) is 0 Å². The predicted molar refractivity (Wildman–Crippen MR) is 77.0 cm³/mol. The Bertz CT molecular complexity index is 489. The number of aromatic nitrogens is 2. The Hall–Kier alpha value is -1.40. The standard InChI is InChI=1S/C14H23N3O3/c1-3-4-12(18)9-17-14(19)7-11(8-15-17)16-6-5-13(10-16)20-2/h7-8,12-13,18H,3-6,9-10H2,1-2H3. The second-order valence-corrected chi connectivity index (χ2v) is 5.27. The highest BCUT2D eigenvalue weighted by molar-refractivity contribution is 5.44. The van der Waals surface area contributed by atoms with Gasteiger partial charge < -0.3 is 14.7 Å². The van der Waals surface area contributed by atoms with Crippen LogP contribution in [0.25, 0.3) is 0 Å². The lowest BCUT2D eigenvalue weighted by atomic mass is 10.2. The molecule has 112 valence electrons. The molecule has 1 aromatic rings. The van der Waals surface area contributed by atoms with Crippen LogP contribution in [-0.4, -0.2) is 47.3 Å². The maximum absolute atomic E-state index is 12.0. The van der Waals surface area contributed by atoms with E-state index in [1.165, 1.54) is 4.68 Å². The zero-order valence-electron chi connectivity index (χ0n) is 12.2. The number of hydrogen-bond acceptors (Lipinski definition) is 5. The molecule has 0 spiro atoms. The molecule has 2 atom stereocenters. The molecule has 0 radical (unpaired) electrons. The normalized spacial score (nSPS) is 20.4. The fraction of sp³-hybridized carbons (Fsp3) is 0.714. The minimum atomic E-state index is -0.513. The number of anilines is 1. The first-order chi connectivity index (χ1) is 9.63. The molecular weight excluding hydrogens is 258 g/mol. The first kappa shape index (κ1) is 15.0. The van der Waals surface area contributed by atoms with E-state index in [0.29, 0.717) is 6.42 Å². The van der Waals surface area contributed by atoms with E-state index in [2.05, 4.69) is 10.00 Å². The van der Waals surface area contributed by atoms with E-state index in [4.69, 9.17) is 4.74 Å². The summed E-state index contributed by atoms with van der Waals surface area (Å²) in [6, 6.07) is 1.59. The average Bonchev–Trinajstić information content (AvgIpc) is 2.90. The minimum Gasteiger partial charge on any atom is -0.391 e. The van der Waals surface area contributed by atoms with Gasteiger partial charge in [-0.15, -0.1) is 0 Å². The van der Waals surface area contributed by atoms with Crippen molar-refractivity contribution >= 4 is 5.69 Å². The molecule has 1 aliphatic heterocycles. The number of nitrogens with zero attached hydrogens (tertiary/aromatic N) is 3. The van der Waals surface area contributed by atoms with Crippen LogP contribution < -0.4 is 10.5 Å². The molecule has 2 heterocycles. The van der Waals surface area contributed by atoms with Gasteiger partial charge in [0.25, 0.3) is 5.56 Å². The summed E-state index contributed by atoms with van der Waals surface area (Å²) < 4.78 is 6.64. The number of ether oxygens (including phenoxy) is 1. The zero-order valence-corrected chi connectivity index (χ0v) is 12.2. The molecule has 0 aliphatic carbocycles. The maximum Gasteiger partial charge on any atom is 0.268 e. The number of methoxy groups -OCH3 is 1. The zero-order chi connectivity index (χ0) is 14.5. The summed E-state index contributed by atoms with van der Waals surface area (Å²) >= 11 is 0. The third-order valence-electron chi connectivity index (χ3n) is 3.70. The van der Waals surface area contributed by atoms with E-state index in [1.807, 2.05) is 6.92 Å². The molecule has 1 aromatic heterocycles. The Balaban J connectivity index is 2.04. The molecule has 6 heteroatoms. The summed E-state index contributed by atoms with van der Waals surface area (Å²) in [5, 5.41) is 13.9. The molecule has 1 fully saturated rings. The van der Waals surface area contributed by atoms with E-state index < -0.39 is 6.10 Å². The van der Waals surface area contributed by atoms with Gasteiger partial charge in [0.15, 0.2) is 0 Å². The second kappa shape index (κ2) is 6.85. The van der Waals surface area contributed by atoms with Gasteiger partial charge in [0.05, 0.1) is 30.6 Å². The van der Waals surface area contributed by atoms with Gasteiger partial charge in [0.2, 0.25) is 0 Å². The number of rotatable bonds is 6. The highest BCUT2D eigenvalue weighted by Crippen LogP contribution is 2.19. The minimum absolute atomic E-state index is 0.168. The Labute approximate surface area is 119 Å². The maximum atomic E-state index is 12.0. The summed E-state index contributed by atoms with van der Waals surface area (Å²) in [7, 11) is 1.71. The van der Waals surface area contributed by atoms with Gasteiger partial charge in [-0.25, -0.2) is 4.68 Å². The molecule has 1 N–H and O–H groups in total. The van der Waals surface area contributed by atoms with Crippen molar-refractivity contribution in [2.45, 2.75) is 44.9 Å². The van der Waals surface area contributed by atoms with Crippen molar-refractivity contribution < 1.29 is 9.84 Å². The molecule has 2 rings (SSSR count). The molecule has 0 amide bonds. The summed E-state index contributed by atoms with van der Waals surface area (Å²) in [5.74, 6) is 0. The molecule has 0 bridgehead atoms. The van der Waals surface area contributed by atoms with E-state index in [9.17, 15) is 9.90 Å². The molecule has 1 saturated heterocycles. The van der Waals surface area contributed by atoms with Crippen molar-refractivity contribution in [2.75, 3.05) is 25.1 Å². The first-order valence-corrected chi connectivity index (χ1v) is 7.17. The van der Waals surface area contributed by atoms with Crippen molar-refractivity contribution in [1.82, 2.24) is 9.78 Å². The van der Waals surface area contributed by atoms with Gasteiger partial charge >= 0.3 is 0 Å². The van der Waals surface area contributed by atoms with E-state index in [0.717, 1.165) is 31.6 Å². The van der Waals surface area contributed by atoms with Crippen LogP contribution in [0.4, 0.5) is 5.69 Å².